The molecule has 0 fully saturated rings. The zero-order valence-electron chi connectivity index (χ0n) is 7.08. The Balaban J connectivity index is 2.32. The summed E-state index contributed by atoms with van der Waals surface area (Å²) in [5.41, 5.74) is 0. The number of thioether (sulfide) groups is 1. The second kappa shape index (κ2) is 4.44. The minimum absolute atomic E-state index is 1.04. The molecule has 0 aliphatic heterocycles. The zero-order chi connectivity index (χ0) is 8.10. The largest absolute Gasteiger partial charge is 0.337 e. The van der Waals surface area contributed by atoms with Crippen molar-refractivity contribution in [3.05, 3.63) is 18.2 Å². The standard InChI is InChI=1S/C8H14N2S/c1-3-6-11-7-8-9-4-5-10(8)2/h4-5H,3,6-7H2,1-2H3. The van der Waals surface area contributed by atoms with E-state index in [1.165, 1.54) is 18.0 Å². The first-order valence-electron chi connectivity index (χ1n) is 3.88. The van der Waals surface area contributed by atoms with Crippen molar-refractivity contribution < 1.29 is 0 Å². The molecule has 0 spiro atoms. The van der Waals surface area contributed by atoms with E-state index in [-0.39, 0.29) is 0 Å². The maximum atomic E-state index is 4.23. The second-order valence-corrected chi connectivity index (χ2v) is 3.61. The summed E-state index contributed by atoms with van der Waals surface area (Å²) in [6.45, 7) is 2.20. The van der Waals surface area contributed by atoms with Crippen molar-refractivity contribution in [2.75, 3.05) is 5.75 Å². The van der Waals surface area contributed by atoms with E-state index in [0.717, 1.165) is 5.75 Å². The fourth-order valence-electron chi connectivity index (χ4n) is 0.843. The molecular weight excluding hydrogens is 156 g/mol. The summed E-state index contributed by atoms with van der Waals surface area (Å²) in [6.07, 6.45) is 5.08. The molecule has 3 heteroatoms. The first kappa shape index (κ1) is 8.65. The van der Waals surface area contributed by atoms with Crippen LogP contribution in [0.15, 0.2) is 12.4 Å². The molecule has 1 aromatic rings. The molecule has 0 bridgehead atoms. The van der Waals surface area contributed by atoms with E-state index in [4.69, 9.17) is 0 Å². The number of aryl methyl sites for hydroxylation is 1. The van der Waals surface area contributed by atoms with Crippen molar-refractivity contribution in [3.63, 3.8) is 0 Å². The molecule has 2 nitrogen and oxygen atoms in total. The lowest BCUT2D eigenvalue weighted by atomic mass is 10.6. The normalized spacial score (nSPS) is 10.4. The van der Waals surface area contributed by atoms with E-state index in [1.54, 1.807) is 0 Å². The summed E-state index contributed by atoms with van der Waals surface area (Å²) in [7, 11) is 2.04. The molecule has 0 saturated heterocycles. The third-order valence-corrected chi connectivity index (χ3v) is 2.66. The highest BCUT2D eigenvalue weighted by Gasteiger charge is 1.96. The molecular formula is C8H14N2S. The summed E-state index contributed by atoms with van der Waals surface area (Å²) in [4.78, 5) is 4.23. The van der Waals surface area contributed by atoms with Gasteiger partial charge >= 0.3 is 0 Å². The molecule has 1 heterocycles. The highest BCUT2D eigenvalue weighted by atomic mass is 32.2. The predicted octanol–water partition coefficient (Wildman–Crippen LogP) is 2.06. The highest BCUT2D eigenvalue weighted by molar-refractivity contribution is 7.98. The Kier molecular flexibility index (Phi) is 3.49. The van der Waals surface area contributed by atoms with Crippen LogP contribution >= 0.6 is 11.8 Å². The number of aromatic nitrogens is 2. The summed E-state index contributed by atoms with van der Waals surface area (Å²) in [6, 6.07) is 0. The van der Waals surface area contributed by atoms with Crippen LogP contribution < -0.4 is 0 Å². The van der Waals surface area contributed by atoms with Crippen LogP contribution in [-0.4, -0.2) is 15.3 Å². The minimum Gasteiger partial charge on any atom is -0.337 e. The fourth-order valence-corrected chi connectivity index (χ4v) is 1.74. The Bertz CT molecular complexity index is 208. The Morgan fingerprint density at radius 2 is 2.45 bits per heavy atom. The number of imidazole rings is 1. The Morgan fingerprint density at radius 1 is 1.64 bits per heavy atom. The van der Waals surface area contributed by atoms with Crippen LogP contribution in [0.3, 0.4) is 0 Å². The third kappa shape index (κ3) is 2.58. The van der Waals surface area contributed by atoms with Gasteiger partial charge in [-0.25, -0.2) is 4.98 Å². The quantitative estimate of drug-likeness (QED) is 0.644. The van der Waals surface area contributed by atoms with E-state index in [2.05, 4.69) is 16.5 Å². The van der Waals surface area contributed by atoms with Gasteiger partial charge in [0.15, 0.2) is 0 Å². The van der Waals surface area contributed by atoms with Gasteiger partial charge in [0.25, 0.3) is 0 Å². The van der Waals surface area contributed by atoms with Gasteiger partial charge in [-0.05, 0) is 12.2 Å². The first-order valence-corrected chi connectivity index (χ1v) is 5.04. The van der Waals surface area contributed by atoms with Crippen LogP contribution in [-0.2, 0) is 12.8 Å². The van der Waals surface area contributed by atoms with Gasteiger partial charge in [0.2, 0.25) is 0 Å². The average Bonchev–Trinajstić information content (AvgIpc) is 2.37. The van der Waals surface area contributed by atoms with E-state index in [0.29, 0.717) is 0 Å². The van der Waals surface area contributed by atoms with Crippen molar-refractivity contribution in [1.82, 2.24) is 9.55 Å². The van der Waals surface area contributed by atoms with E-state index < -0.39 is 0 Å². The van der Waals surface area contributed by atoms with Crippen molar-refractivity contribution in [3.8, 4) is 0 Å². The number of rotatable bonds is 4. The van der Waals surface area contributed by atoms with Crippen molar-refractivity contribution in [2.24, 2.45) is 7.05 Å². The van der Waals surface area contributed by atoms with E-state index >= 15 is 0 Å². The van der Waals surface area contributed by atoms with Crippen LogP contribution in [0.2, 0.25) is 0 Å². The van der Waals surface area contributed by atoms with Gasteiger partial charge < -0.3 is 4.57 Å². The Hall–Kier alpha value is -0.440. The summed E-state index contributed by atoms with van der Waals surface area (Å²) in [5, 5.41) is 0. The molecule has 62 valence electrons. The van der Waals surface area contributed by atoms with E-state index in [1.807, 2.05) is 31.2 Å². The molecule has 0 aliphatic rings. The van der Waals surface area contributed by atoms with Gasteiger partial charge in [0.05, 0.1) is 5.75 Å². The van der Waals surface area contributed by atoms with Crippen molar-refractivity contribution >= 4 is 11.8 Å². The van der Waals surface area contributed by atoms with Crippen LogP contribution in [0.4, 0.5) is 0 Å². The molecule has 0 unspecified atom stereocenters. The summed E-state index contributed by atoms with van der Waals surface area (Å²) < 4.78 is 2.07. The molecule has 1 aromatic heterocycles. The van der Waals surface area contributed by atoms with Gasteiger partial charge in [0, 0.05) is 19.4 Å². The molecule has 0 radical (unpaired) electrons. The monoisotopic (exact) mass is 170 g/mol. The van der Waals surface area contributed by atoms with Crippen molar-refractivity contribution in [1.29, 1.82) is 0 Å². The maximum Gasteiger partial charge on any atom is 0.118 e. The third-order valence-electron chi connectivity index (χ3n) is 1.50. The van der Waals surface area contributed by atoms with Gasteiger partial charge in [-0.2, -0.15) is 11.8 Å². The molecule has 0 saturated carbocycles. The molecule has 0 amide bonds. The lowest BCUT2D eigenvalue weighted by Crippen LogP contribution is -1.94. The molecule has 1 rings (SSSR count). The lowest BCUT2D eigenvalue weighted by Gasteiger charge is -1.99. The molecule has 0 aliphatic carbocycles. The smallest absolute Gasteiger partial charge is 0.118 e. The number of nitrogens with zero attached hydrogens (tertiary/aromatic N) is 2. The van der Waals surface area contributed by atoms with E-state index in [9.17, 15) is 0 Å². The van der Waals surface area contributed by atoms with Crippen LogP contribution in [0.5, 0.6) is 0 Å². The number of hydrogen-bond acceptors (Lipinski definition) is 2. The fraction of sp³-hybridized carbons (Fsp3) is 0.625. The number of hydrogen-bond donors (Lipinski definition) is 0. The van der Waals surface area contributed by atoms with Crippen LogP contribution in [0, 0.1) is 0 Å². The van der Waals surface area contributed by atoms with Gasteiger partial charge in [-0.3, -0.25) is 0 Å². The predicted molar refractivity (Wildman–Crippen MR) is 49.7 cm³/mol. The van der Waals surface area contributed by atoms with Crippen molar-refractivity contribution in [2.45, 2.75) is 19.1 Å². The summed E-state index contributed by atoms with van der Waals surface area (Å²) >= 11 is 1.94. The van der Waals surface area contributed by atoms with Crippen LogP contribution in [0.25, 0.3) is 0 Å². The minimum atomic E-state index is 1.04. The zero-order valence-corrected chi connectivity index (χ0v) is 7.90. The molecule has 11 heavy (non-hydrogen) atoms. The maximum absolute atomic E-state index is 4.23. The second-order valence-electron chi connectivity index (χ2n) is 2.51. The van der Waals surface area contributed by atoms with Gasteiger partial charge in [0.1, 0.15) is 5.82 Å². The topological polar surface area (TPSA) is 17.8 Å². The summed E-state index contributed by atoms with van der Waals surface area (Å²) in [5.74, 6) is 3.44. The van der Waals surface area contributed by atoms with Crippen LogP contribution in [0.1, 0.15) is 19.2 Å². The SMILES string of the molecule is CCCSCc1nccn1C. The average molecular weight is 170 g/mol. The van der Waals surface area contributed by atoms with Gasteiger partial charge in [-0.15, -0.1) is 0 Å². The Labute approximate surface area is 72.0 Å². The first-order chi connectivity index (χ1) is 5.34. The van der Waals surface area contributed by atoms with Gasteiger partial charge in [-0.1, -0.05) is 6.92 Å². The molecule has 0 N–H and O–H groups in total. The molecule has 0 aromatic carbocycles. The molecule has 0 atom stereocenters. The lowest BCUT2D eigenvalue weighted by molar-refractivity contribution is 0.849. The Morgan fingerprint density at radius 3 is 3.00 bits per heavy atom. The highest BCUT2D eigenvalue weighted by Crippen LogP contribution is 2.09.